The smallest absolute Gasteiger partial charge is 0.0816 e. The van der Waals surface area contributed by atoms with Crippen LogP contribution in [-0.4, -0.2) is 36.1 Å². The van der Waals surface area contributed by atoms with Crippen LogP contribution in [0, 0.1) is 0 Å². The van der Waals surface area contributed by atoms with E-state index < -0.39 is 0 Å². The van der Waals surface area contributed by atoms with Gasteiger partial charge in [-0.15, -0.1) is 11.3 Å². The van der Waals surface area contributed by atoms with E-state index in [9.17, 15) is 0 Å². The normalized spacial score (nSPS) is 16.2. The SMILES string of the molecule is c1cc(CN2CCNCC2)cc(-c2cc3ncccc3s2)c1. The number of pyridine rings is 1. The number of aromatic nitrogens is 1. The molecule has 0 saturated carbocycles. The third kappa shape index (κ3) is 2.90. The largest absolute Gasteiger partial charge is 0.314 e. The standard InChI is InChI=1S/C18H19N3S/c1-3-14(13-21-9-7-19-8-10-21)11-15(4-1)18-12-16-17(22-18)5-2-6-20-16/h1-6,11-12,19H,7-10,13H2. The number of hydrogen-bond donors (Lipinski definition) is 1. The summed E-state index contributed by atoms with van der Waals surface area (Å²) in [5.74, 6) is 0. The van der Waals surface area contributed by atoms with Gasteiger partial charge in [-0.2, -0.15) is 0 Å². The zero-order chi connectivity index (χ0) is 14.8. The molecule has 3 nitrogen and oxygen atoms in total. The monoisotopic (exact) mass is 309 g/mol. The number of benzene rings is 1. The minimum atomic E-state index is 1.04. The average Bonchev–Trinajstić information content (AvgIpc) is 3.00. The lowest BCUT2D eigenvalue weighted by atomic mass is 10.1. The first-order chi connectivity index (χ1) is 10.9. The van der Waals surface area contributed by atoms with Crippen molar-refractivity contribution in [2.45, 2.75) is 6.54 Å². The Kier molecular flexibility index (Phi) is 3.89. The first kappa shape index (κ1) is 13.9. The molecule has 0 spiro atoms. The quantitative estimate of drug-likeness (QED) is 0.804. The third-order valence-corrected chi connectivity index (χ3v) is 5.25. The number of hydrogen-bond acceptors (Lipinski definition) is 4. The van der Waals surface area contributed by atoms with E-state index in [0.717, 1.165) is 38.2 Å². The van der Waals surface area contributed by atoms with Gasteiger partial charge < -0.3 is 5.32 Å². The van der Waals surface area contributed by atoms with Crippen LogP contribution >= 0.6 is 11.3 Å². The number of thiophene rings is 1. The van der Waals surface area contributed by atoms with Crippen LogP contribution in [0.1, 0.15) is 5.56 Å². The highest BCUT2D eigenvalue weighted by Crippen LogP contribution is 2.32. The fourth-order valence-electron chi connectivity index (χ4n) is 2.96. The average molecular weight is 309 g/mol. The maximum Gasteiger partial charge on any atom is 0.0816 e. The molecule has 0 radical (unpaired) electrons. The summed E-state index contributed by atoms with van der Waals surface area (Å²) in [6, 6.07) is 15.3. The minimum Gasteiger partial charge on any atom is -0.314 e. The molecule has 1 N–H and O–H groups in total. The molecular weight excluding hydrogens is 290 g/mol. The summed E-state index contributed by atoms with van der Waals surface area (Å²) in [5.41, 5.74) is 3.79. The number of piperazine rings is 1. The molecule has 3 aromatic rings. The zero-order valence-corrected chi connectivity index (χ0v) is 13.3. The predicted octanol–water partition coefficient (Wildman–Crippen LogP) is 3.37. The molecule has 4 heteroatoms. The highest BCUT2D eigenvalue weighted by molar-refractivity contribution is 7.22. The Bertz CT molecular complexity index is 742. The van der Waals surface area contributed by atoms with Gasteiger partial charge in [0.25, 0.3) is 0 Å². The molecular formula is C18H19N3S. The van der Waals surface area contributed by atoms with Gasteiger partial charge in [-0.05, 0) is 35.4 Å². The van der Waals surface area contributed by atoms with Crippen LogP contribution in [0.2, 0.25) is 0 Å². The van der Waals surface area contributed by atoms with Gasteiger partial charge in [-0.25, -0.2) is 0 Å². The van der Waals surface area contributed by atoms with Crippen LogP contribution in [0.15, 0.2) is 48.7 Å². The van der Waals surface area contributed by atoms with E-state index >= 15 is 0 Å². The van der Waals surface area contributed by atoms with Gasteiger partial charge in [0, 0.05) is 43.8 Å². The van der Waals surface area contributed by atoms with Gasteiger partial charge in [-0.1, -0.05) is 18.2 Å². The minimum absolute atomic E-state index is 1.04. The Labute approximate surface area is 134 Å². The molecule has 1 saturated heterocycles. The van der Waals surface area contributed by atoms with Crippen molar-refractivity contribution in [3.8, 4) is 10.4 Å². The first-order valence-electron chi connectivity index (χ1n) is 7.75. The lowest BCUT2D eigenvalue weighted by Gasteiger charge is -2.27. The Morgan fingerprint density at radius 1 is 1.09 bits per heavy atom. The summed E-state index contributed by atoms with van der Waals surface area (Å²) in [7, 11) is 0. The van der Waals surface area contributed by atoms with Crippen LogP contribution in [0.5, 0.6) is 0 Å². The molecule has 1 fully saturated rings. The summed E-state index contributed by atoms with van der Waals surface area (Å²) in [4.78, 5) is 8.26. The number of nitrogens with one attached hydrogen (secondary N) is 1. The molecule has 0 unspecified atom stereocenters. The van der Waals surface area contributed by atoms with E-state index in [1.165, 1.54) is 20.7 Å². The van der Waals surface area contributed by atoms with Gasteiger partial charge in [0.2, 0.25) is 0 Å². The lowest BCUT2D eigenvalue weighted by Crippen LogP contribution is -2.42. The Hall–Kier alpha value is -1.75. The van der Waals surface area contributed by atoms with E-state index in [1.807, 2.05) is 23.6 Å². The summed E-state index contributed by atoms with van der Waals surface area (Å²) in [6.07, 6.45) is 1.86. The number of fused-ring (bicyclic) bond motifs is 1. The molecule has 22 heavy (non-hydrogen) atoms. The van der Waals surface area contributed by atoms with Crippen molar-refractivity contribution in [2.24, 2.45) is 0 Å². The van der Waals surface area contributed by atoms with Gasteiger partial charge in [0.05, 0.1) is 10.2 Å². The molecule has 0 aliphatic carbocycles. The Morgan fingerprint density at radius 2 is 2.00 bits per heavy atom. The Balaban J connectivity index is 1.60. The van der Waals surface area contributed by atoms with Crippen LogP contribution in [0.3, 0.4) is 0 Å². The highest BCUT2D eigenvalue weighted by atomic mass is 32.1. The molecule has 0 atom stereocenters. The molecule has 0 bridgehead atoms. The van der Waals surface area contributed by atoms with Crippen LogP contribution in [0.25, 0.3) is 20.7 Å². The topological polar surface area (TPSA) is 28.2 Å². The second-order valence-electron chi connectivity index (χ2n) is 5.72. The van der Waals surface area contributed by atoms with Crippen molar-refractivity contribution in [1.29, 1.82) is 0 Å². The summed E-state index contributed by atoms with van der Waals surface area (Å²) in [6.45, 7) is 5.51. The van der Waals surface area contributed by atoms with Gasteiger partial charge in [0.15, 0.2) is 0 Å². The second kappa shape index (κ2) is 6.16. The molecule has 1 aromatic carbocycles. The highest BCUT2D eigenvalue weighted by Gasteiger charge is 2.11. The van der Waals surface area contributed by atoms with Gasteiger partial charge >= 0.3 is 0 Å². The maximum atomic E-state index is 4.44. The van der Waals surface area contributed by atoms with E-state index in [2.05, 4.69) is 51.6 Å². The summed E-state index contributed by atoms with van der Waals surface area (Å²) < 4.78 is 1.25. The predicted molar refractivity (Wildman–Crippen MR) is 93.2 cm³/mol. The molecule has 1 aliphatic heterocycles. The van der Waals surface area contributed by atoms with Crippen molar-refractivity contribution >= 4 is 21.6 Å². The van der Waals surface area contributed by atoms with Crippen molar-refractivity contribution in [2.75, 3.05) is 26.2 Å². The first-order valence-corrected chi connectivity index (χ1v) is 8.57. The van der Waals surface area contributed by atoms with Gasteiger partial charge in [-0.3, -0.25) is 9.88 Å². The van der Waals surface area contributed by atoms with E-state index in [1.54, 1.807) is 0 Å². The fraction of sp³-hybridized carbons (Fsp3) is 0.278. The molecule has 4 rings (SSSR count). The van der Waals surface area contributed by atoms with Crippen molar-refractivity contribution < 1.29 is 0 Å². The number of rotatable bonds is 3. The van der Waals surface area contributed by atoms with E-state index in [-0.39, 0.29) is 0 Å². The van der Waals surface area contributed by atoms with Crippen molar-refractivity contribution in [3.05, 3.63) is 54.2 Å². The van der Waals surface area contributed by atoms with E-state index in [4.69, 9.17) is 0 Å². The van der Waals surface area contributed by atoms with Crippen LogP contribution in [-0.2, 0) is 6.54 Å². The lowest BCUT2D eigenvalue weighted by molar-refractivity contribution is 0.233. The summed E-state index contributed by atoms with van der Waals surface area (Å²) >= 11 is 1.82. The second-order valence-corrected chi connectivity index (χ2v) is 6.81. The zero-order valence-electron chi connectivity index (χ0n) is 12.5. The van der Waals surface area contributed by atoms with Crippen LogP contribution in [0.4, 0.5) is 0 Å². The summed E-state index contributed by atoms with van der Waals surface area (Å²) in [5, 5.41) is 3.41. The van der Waals surface area contributed by atoms with Crippen molar-refractivity contribution in [3.63, 3.8) is 0 Å². The molecule has 2 aromatic heterocycles. The van der Waals surface area contributed by atoms with Crippen molar-refractivity contribution in [1.82, 2.24) is 15.2 Å². The fourth-order valence-corrected chi connectivity index (χ4v) is 3.98. The van der Waals surface area contributed by atoms with Crippen LogP contribution < -0.4 is 5.32 Å². The third-order valence-electron chi connectivity index (χ3n) is 4.11. The Morgan fingerprint density at radius 3 is 2.86 bits per heavy atom. The number of nitrogens with zero attached hydrogens (tertiary/aromatic N) is 2. The molecule has 3 heterocycles. The molecule has 112 valence electrons. The van der Waals surface area contributed by atoms with E-state index in [0.29, 0.717) is 0 Å². The van der Waals surface area contributed by atoms with Gasteiger partial charge in [0.1, 0.15) is 0 Å². The molecule has 1 aliphatic rings. The maximum absolute atomic E-state index is 4.44. The molecule has 0 amide bonds.